The Hall–Kier alpha value is -2.05. The van der Waals surface area contributed by atoms with E-state index in [0.717, 1.165) is 12.1 Å². The summed E-state index contributed by atoms with van der Waals surface area (Å²) in [6, 6.07) is 3.26. The predicted octanol–water partition coefficient (Wildman–Crippen LogP) is 1.80. The first-order valence-corrected chi connectivity index (χ1v) is 5.14. The van der Waals surface area contributed by atoms with E-state index in [2.05, 4.69) is 10.3 Å². The van der Waals surface area contributed by atoms with E-state index in [-0.39, 0.29) is 18.0 Å². The van der Waals surface area contributed by atoms with E-state index in [1.54, 1.807) is 0 Å². The molecule has 1 aromatic heterocycles. The maximum atomic E-state index is 12.5. The number of aromatic nitrogens is 2. The smallest absolute Gasteiger partial charge is 0.358 e. The van der Waals surface area contributed by atoms with Crippen LogP contribution in [0.15, 0.2) is 24.5 Å². The van der Waals surface area contributed by atoms with Gasteiger partial charge in [-0.1, -0.05) is 0 Å². The number of carbonyl (C=O) groups is 1. The average molecular weight is 257 g/mol. The molecule has 2 aromatic rings. The average Bonchev–Trinajstić information content (AvgIpc) is 2.70. The van der Waals surface area contributed by atoms with Gasteiger partial charge < -0.3 is 9.88 Å². The summed E-state index contributed by atoms with van der Waals surface area (Å²) < 4.78 is 39.0. The van der Waals surface area contributed by atoms with Crippen molar-refractivity contribution in [1.82, 2.24) is 14.9 Å². The molecule has 18 heavy (non-hydrogen) atoms. The number of hydrogen-bond donors (Lipinski definition) is 1. The molecular formula is C11H10F3N3O. The second-order valence-electron chi connectivity index (χ2n) is 3.75. The van der Waals surface area contributed by atoms with Crippen molar-refractivity contribution in [2.45, 2.75) is 12.7 Å². The van der Waals surface area contributed by atoms with Gasteiger partial charge in [-0.3, -0.25) is 4.79 Å². The normalized spacial score (nSPS) is 11.8. The third kappa shape index (κ3) is 2.29. The molecule has 0 saturated carbocycles. The molecule has 1 N–H and O–H groups in total. The SMILES string of the molecule is CNC(=O)Cn1cnc2cc(C(F)(F)F)ccc21. The molecule has 96 valence electrons. The first-order valence-electron chi connectivity index (χ1n) is 5.14. The third-order valence-electron chi connectivity index (χ3n) is 2.54. The van der Waals surface area contributed by atoms with Gasteiger partial charge in [-0.25, -0.2) is 4.98 Å². The van der Waals surface area contributed by atoms with Gasteiger partial charge in [-0.15, -0.1) is 0 Å². The van der Waals surface area contributed by atoms with Crippen LogP contribution in [0.1, 0.15) is 5.56 Å². The summed E-state index contributed by atoms with van der Waals surface area (Å²) in [7, 11) is 1.49. The molecule has 0 fully saturated rings. The quantitative estimate of drug-likeness (QED) is 0.891. The Morgan fingerprint density at radius 2 is 2.17 bits per heavy atom. The molecule has 0 saturated heterocycles. The Labute approximate surface area is 100 Å². The minimum atomic E-state index is -4.39. The van der Waals surface area contributed by atoms with Crippen LogP contribution in [0.3, 0.4) is 0 Å². The summed E-state index contributed by atoms with van der Waals surface area (Å²) in [5, 5.41) is 2.44. The van der Waals surface area contributed by atoms with E-state index in [0.29, 0.717) is 5.52 Å². The molecule has 7 heteroatoms. The fourth-order valence-corrected chi connectivity index (χ4v) is 1.60. The van der Waals surface area contributed by atoms with Gasteiger partial charge in [-0.2, -0.15) is 13.2 Å². The second kappa shape index (κ2) is 4.32. The van der Waals surface area contributed by atoms with Crippen molar-refractivity contribution in [3.05, 3.63) is 30.1 Å². The molecule has 1 amide bonds. The van der Waals surface area contributed by atoms with Gasteiger partial charge in [0.15, 0.2) is 0 Å². The third-order valence-corrected chi connectivity index (χ3v) is 2.54. The molecule has 0 aliphatic heterocycles. The Bertz CT molecular complexity index is 589. The monoisotopic (exact) mass is 257 g/mol. The number of halogens is 3. The molecule has 1 aromatic carbocycles. The van der Waals surface area contributed by atoms with Gasteiger partial charge in [0.25, 0.3) is 0 Å². The molecule has 0 spiro atoms. The van der Waals surface area contributed by atoms with E-state index >= 15 is 0 Å². The molecule has 2 rings (SSSR count). The lowest BCUT2D eigenvalue weighted by Gasteiger charge is -2.07. The van der Waals surface area contributed by atoms with Crippen LogP contribution >= 0.6 is 0 Å². The number of likely N-dealkylation sites (N-methyl/N-ethyl adjacent to an activating group) is 1. The van der Waals surface area contributed by atoms with Crippen molar-refractivity contribution >= 4 is 16.9 Å². The van der Waals surface area contributed by atoms with E-state index < -0.39 is 11.7 Å². The van der Waals surface area contributed by atoms with E-state index in [1.807, 2.05) is 0 Å². The lowest BCUT2D eigenvalue weighted by atomic mass is 10.2. The van der Waals surface area contributed by atoms with Gasteiger partial charge in [0.2, 0.25) is 5.91 Å². The zero-order valence-corrected chi connectivity index (χ0v) is 9.45. The van der Waals surface area contributed by atoms with Crippen LogP contribution in [0.5, 0.6) is 0 Å². The highest BCUT2D eigenvalue weighted by Gasteiger charge is 2.30. The Morgan fingerprint density at radius 3 is 2.78 bits per heavy atom. The number of carbonyl (C=O) groups excluding carboxylic acids is 1. The van der Waals surface area contributed by atoms with Crippen molar-refractivity contribution in [3.8, 4) is 0 Å². The Balaban J connectivity index is 2.41. The van der Waals surface area contributed by atoms with Gasteiger partial charge in [0, 0.05) is 7.05 Å². The topological polar surface area (TPSA) is 46.9 Å². The second-order valence-corrected chi connectivity index (χ2v) is 3.75. The standard InChI is InChI=1S/C11H10F3N3O/c1-15-10(18)5-17-6-16-8-4-7(11(12,13)14)2-3-9(8)17/h2-4,6H,5H2,1H3,(H,15,18). The van der Waals surface area contributed by atoms with Crippen LogP contribution < -0.4 is 5.32 Å². The van der Waals surface area contributed by atoms with Crippen LogP contribution in [0.25, 0.3) is 11.0 Å². The Morgan fingerprint density at radius 1 is 1.44 bits per heavy atom. The van der Waals surface area contributed by atoms with Crippen LogP contribution in [0.4, 0.5) is 13.2 Å². The van der Waals surface area contributed by atoms with E-state index in [4.69, 9.17) is 0 Å². The fraction of sp³-hybridized carbons (Fsp3) is 0.273. The van der Waals surface area contributed by atoms with E-state index in [1.165, 1.54) is 24.0 Å². The van der Waals surface area contributed by atoms with Gasteiger partial charge in [0.05, 0.1) is 22.9 Å². The van der Waals surface area contributed by atoms with Gasteiger partial charge in [-0.05, 0) is 18.2 Å². The van der Waals surface area contributed by atoms with Gasteiger partial charge in [0.1, 0.15) is 6.54 Å². The van der Waals surface area contributed by atoms with Crippen molar-refractivity contribution in [1.29, 1.82) is 0 Å². The molecule has 0 radical (unpaired) electrons. The minimum Gasteiger partial charge on any atom is -0.358 e. The summed E-state index contributed by atoms with van der Waals surface area (Å²) in [6.07, 6.45) is -3.04. The highest BCUT2D eigenvalue weighted by Crippen LogP contribution is 2.30. The molecule has 0 atom stereocenters. The van der Waals surface area contributed by atoms with Gasteiger partial charge >= 0.3 is 6.18 Å². The molecule has 0 unspecified atom stereocenters. The zero-order chi connectivity index (χ0) is 13.3. The molecule has 1 heterocycles. The van der Waals surface area contributed by atoms with Crippen molar-refractivity contribution < 1.29 is 18.0 Å². The lowest BCUT2D eigenvalue weighted by Crippen LogP contribution is -2.23. The highest BCUT2D eigenvalue weighted by atomic mass is 19.4. The first-order chi connectivity index (χ1) is 8.41. The van der Waals surface area contributed by atoms with Crippen molar-refractivity contribution in [3.63, 3.8) is 0 Å². The molecular weight excluding hydrogens is 247 g/mol. The summed E-state index contributed by atoms with van der Waals surface area (Å²) in [5.41, 5.74) is -0.0412. The minimum absolute atomic E-state index is 0.0262. The van der Waals surface area contributed by atoms with Crippen LogP contribution in [0, 0.1) is 0 Å². The summed E-state index contributed by atoms with van der Waals surface area (Å²) in [6.45, 7) is 0.0262. The summed E-state index contributed by atoms with van der Waals surface area (Å²) >= 11 is 0. The van der Waals surface area contributed by atoms with Crippen molar-refractivity contribution in [2.75, 3.05) is 7.05 Å². The molecule has 4 nitrogen and oxygen atoms in total. The molecule has 0 bridgehead atoms. The Kier molecular flexibility index (Phi) is 2.98. The van der Waals surface area contributed by atoms with E-state index in [9.17, 15) is 18.0 Å². The largest absolute Gasteiger partial charge is 0.416 e. The fourth-order valence-electron chi connectivity index (χ4n) is 1.60. The number of nitrogens with one attached hydrogen (secondary N) is 1. The number of imidazole rings is 1. The number of nitrogens with zero attached hydrogens (tertiary/aromatic N) is 2. The number of alkyl halides is 3. The highest BCUT2D eigenvalue weighted by molar-refractivity contribution is 5.80. The predicted molar refractivity (Wildman–Crippen MR) is 58.8 cm³/mol. The van der Waals surface area contributed by atoms with Crippen molar-refractivity contribution in [2.24, 2.45) is 0 Å². The maximum Gasteiger partial charge on any atom is 0.416 e. The number of amides is 1. The van der Waals surface area contributed by atoms with Crippen LogP contribution in [-0.4, -0.2) is 22.5 Å². The zero-order valence-electron chi connectivity index (χ0n) is 9.45. The number of rotatable bonds is 2. The summed E-state index contributed by atoms with van der Waals surface area (Å²) in [4.78, 5) is 15.1. The number of benzene rings is 1. The maximum absolute atomic E-state index is 12.5. The first kappa shape index (κ1) is 12.4. The lowest BCUT2D eigenvalue weighted by molar-refractivity contribution is -0.137. The number of hydrogen-bond acceptors (Lipinski definition) is 2. The number of fused-ring (bicyclic) bond motifs is 1. The summed E-state index contributed by atoms with van der Waals surface area (Å²) in [5.74, 6) is -0.241. The molecule has 0 aliphatic carbocycles. The van der Waals surface area contributed by atoms with Crippen LogP contribution in [0.2, 0.25) is 0 Å². The molecule has 0 aliphatic rings. The van der Waals surface area contributed by atoms with Crippen LogP contribution in [-0.2, 0) is 17.5 Å².